The first-order valence-corrected chi connectivity index (χ1v) is 12.3. The first kappa shape index (κ1) is 24.5. The van der Waals surface area contributed by atoms with Crippen LogP contribution in [0.4, 0.5) is 0 Å². The Bertz CT molecular complexity index is 858. The zero-order valence-electron chi connectivity index (χ0n) is 19.3. The molecule has 0 unspecified atom stereocenters. The Morgan fingerprint density at radius 3 is 2.07 bits per heavy atom. The Morgan fingerprint density at radius 2 is 1.57 bits per heavy atom. The summed E-state index contributed by atoms with van der Waals surface area (Å²) in [5.41, 5.74) is 4.28. The summed E-state index contributed by atoms with van der Waals surface area (Å²) in [6.45, 7) is 12.8. The third-order valence-corrected chi connectivity index (χ3v) is 6.97. The highest BCUT2D eigenvalue weighted by Crippen LogP contribution is 2.48. The molecule has 0 radical (unpaired) electrons. The van der Waals surface area contributed by atoms with Gasteiger partial charge in [0.1, 0.15) is 17.2 Å². The van der Waals surface area contributed by atoms with E-state index in [9.17, 15) is 4.57 Å². The van der Waals surface area contributed by atoms with Crippen LogP contribution in [0, 0.1) is 13.8 Å². The highest BCUT2D eigenvalue weighted by atomic mass is 31.2. The average molecular weight is 435 g/mol. The molecule has 0 saturated carbocycles. The van der Waals surface area contributed by atoms with E-state index in [0.29, 0.717) is 31.7 Å². The fraction of sp³-hybridized carbons (Fsp3) is 0.500. The molecule has 30 heavy (non-hydrogen) atoms. The van der Waals surface area contributed by atoms with Gasteiger partial charge in [0.15, 0.2) is 0 Å². The van der Waals surface area contributed by atoms with Gasteiger partial charge in [-0.05, 0) is 74.9 Å². The summed E-state index contributed by atoms with van der Waals surface area (Å²) in [5.74, 6) is 2.81. The molecule has 0 spiro atoms. The predicted molar refractivity (Wildman–Crippen MR) is 123 cm³/mol. The van der Waals surface area contributed by atoms with E-state index in [-0.39, 0.29) is 0 Å². The van der Waals surface area contributed by atoms with Crippen LogP contribution in [0.5, 0.6) is 17.2 Å². The molecular formula is C24H35O5P. The van der Waals surface area contributed by atoms with Crippen molar-refractivity contribution in [3.63, 3.8) is 0 Å². The Labute approximate surface area is 181 Å². The van der Waals surface area contributed by atoms with Crippen LogP contribution in [-0.2, 0) is 20.0 Å². The van der Waals surface area contributed by atoms with Crippen molar-refractivity contribution in [1.29, 1.82) is 0 Å². The van der Waals surface area contributed by atoms with Crippen LogP contribution in [0.3, 0.4) is 0 Å². The van der Waals surface area contributed by atoms with Crippen molar-refractivity contribution in [1.82, 2.24) is 0 Å². The number of hydrogen-bond donors (Lipinski definition) is 0. The van der Waals surface area contributed by atoms with Gasteiger partial charge in [-0.25, -0.2) is 0 Å². The number of hydrogen-bond acceptors (Lipinski definition) is 5. The minimum absolute atomic E-state index is 0.307. The van der Waals surface area contributed by atoms with Crippen molar-refractivity contribution in [2.24, 2.45) is 0 Å². The molecule has 166 valence electrons. The predicted octanol–water partition coefficient (Wildman–Crippen LogP) is 7.04. The lowest BCUT2D eigenvalue weighted by molar-refractivity contribution is 0.220. The SMILES string of the molecule is CCOP(=O)(CCc1cc(C)c(Oc2ccc(OC)cc2C(C)C)c(C)c1)OCC. The van der Waals surface area contributed by atoms with Gasteiger partial charge >= 0.3 is 7.60 Å². The van der Waals surface area contributed by atoms with Crippen LogP contribution < -0.4 is 9.47 Å². The van der Waals surface area contributed by atoms with E-state index in [1.165, 1.54) is 0 Å². The molecule has 0 fully saturated rings. The molecule has 2 aromatic carbocycles. The number of methoxy groups -OCH3 is 1. The summed E-state index contributed by atoms with van der Waals surface area (Å²) in [6.07, 6.45) is 0.989. The van der Waals surface area contributed by atoms with Crippen LogP contribution in [0.15, 0.2) is 30.3 Å². The van der Waals surface area contributed by atoms with Crippen molar-refractivity contribution >= 4 is 7.60 Å². The van der Waals surface area contributed by atoms with Crippen molar-refractivity contribution in [3.05, 3.63) is 52.6 Å². The van der Waals surface area contributed by atoms with Gasteiger partial charge in [0.05, 0.1) is 26.5 Å². The maximum Gasteiger partial charge on any atom is 0.330 e. The van der Waals surface area contributed by atoms with Gasteiger partial charge in [-0.1, -0.05) is 26.0 Å². The topological polar surface area (TPSA) is 54.0 Å². The molecule has 2 aromatic rings. The lowest BCUT2D eigenvalue weighted by Gasteiger charge is -2.19. The van der Waals surface area contributed by atoms with E-state index in [4.69, 9.17) is 18.5 Å². The minimum Gasteiger partial charge on any atom is -0.497 e. The fourth-order valence-corrected chi connectivity index (χ4v) is 5.13. The van der Waals surface area contributed by atoms with E-state index in [0.717, 1.165) is 39.5 Å². The molecule has 0 heterocycles. The first-order valence-electron chi connectivity index (χ1n) is 10.6. The smallest absolute Gasteiger partial charge is 0.330 e. The second-order valence-corrected chi connectivity index (χ2v) is 9.82. The first-order chi connectivity index (χ1) is 14.2. The van der Waals surface area contributed by atoms with E-state index < -0.39 is 7.60 Å². The number of ether oxygens (including phenoxy) is 2. The monoisotopic (exact) mass is 434 g/mol. The maximum atomic E-state index is 12.7. The van der Waals surface area contributed by atoms with Crippen LogP contribution in [0.1, 0.15) is 55.9 Å². The molecule has 0 aliphatic carbocycles. The molecule has 0 saturated heterocycles. The number of rotatable bonds is 11. The highest BCUT2D eigenvalue weighted by Gasteiger charge is 2.23. The second kappa shape index (κ2) is 11.0. The summed E-state index contributed by atoms with van der Waals surface area (Å²) < 4.78 is 35.3. The molecule has 6 heteroatoms. The molecule has 0 aliphatic heterocycles. The van der Waals surface area contributed by atoms with E-state index >= 15 is 0 Å². The molecule has 0 aliphatic rings. The Kier molecular flexibility index (Phi) is 8.96. The molecule has 5 nitrogen and oxygen atoms in total. The van der Waals surface area contributed by atoms with Gasteiger partial charge < -0.3 is 18.5 Å². The zero-order chi connectivity index (χ0) is 22.3. The largest absolute Gasteiger partial charge is 0.497 e. The third-order valence-electron chi connectivity index (χ3n) is 4.90. The highest BCUT2D eigenvalue weighted by molar-refractivity contribution is 7.53. The third kappa shape index (κ3) is 6.34. The van der Waals surface area contributed by atoms with Gasteiger partial charge in [0, 0.05) is 5.56 Å². The average Bonchev–Trinajstić information content (AvgIpc) is 2.69. The lowest BCUT2D eigenvalue weighted by atomic mass is 10.0. The van der Waals surface area contributed by atoms with Crippen LogP contribution >= 0.6 is 7.60 Å². The summed E-state index contributed by atoms with van der Waals surface area (Å²) in [6, 6.07) is 10.1. The Hall–Kier alpha value is -1.81. The van der Waals surface area contributed by atoms with Gasteiger partial charge in [-0.2, -0.15) is 0 Å². The van der Waals surface area contributed by atoms with Crippen molar-refractivity contribution < 1.29 is 23.1 Å². The van der Waals surface area contributed by atoms with Gasteiger partial charge in [-0.3, -0.25) is 4.57 Å². The van der Waals surface area contributed by atoms with Crippen molar-refractivity contribution in [2.45, 2.75) is 53.9 Å². The molecule has 0 atom stereocenters. The fourth-order valence-electron chi connectivity index (χ4n) is 3.48. The van der Waals surface area contributed by atoms with E-state index in [1.54, 1.807) is 7.11 Å². The van der Waals surface area contributed by atoms with Gasteiger partial charge in [0.2, 0.25) is 0 Å². The van der Waals surface area contributed by atoms with Crippen molar-refractivity contribution in [2.75, 3.05) is 26.5 Å². The summed E-state index contributed by atoms with van der Waals surface area (Å²) in [5, 5.41) is 0. The minimum atomic E-state index is -3.05. The van der Waals surface area contributed by atoms with Crippen LogP contribution in [-0.4, -0.2) is 26.5 Å². The molecule has 0 amide bonds. The Morgan fingerprint density at radius 1 is 0.967 bits per heavy atom. The Balaban J connectivity index is 2.24. The molecule has 2 rings (SSSR count). The second-order valence-electron chi connectivity index (χ2n) is 7.64. The standard InChI is InChI=1S/C24H35O5P/c1-8-27-30(25,28-9-2)13-12-20-14-18(5)24(19(6)15-20)29-23-11-10-21(26-7)16-22(23)17(3)4/h10-11,14-17H,8-9,12-13H2,1-7H3. The number of benzene rings is 2. The van der Waals surface area contributed by atoms with E-state index in [2.05, 4.69) is 26.0 Å². The van der Waals surface area contributed by atoms with Crippen molar-refractivity contribution in [3.8, 4) is 17.2 Å². The lowest BCUT2D eigenvalue weighted by Crippen LogP contribution is -2.04. The summed E-state index contributed by atoms with van der Waals surface area (Å²) >= 11 is 0. The molecule has 0 N–H and O–H groups in total. The van der Waals surface area contributed by atoms with Crippen LogP contribution in [0.25, 0.3) is 0 Å². The zero-order valence-corrected chi connectivity index (χ0v) is 20.2. The quantitative estimate of drug-likeness (QED) is 0.355. The molecule has 0 aromatic heterocycles. The maximum absolute atomic E-state index is 12.7. The molecule has 0 bridgehead atoms. The van der Waals surface area contributed by atoms with Crippen LogP contribution in [0.2, 0.25) is 0 Å². The summed E-state index contributed by atoms with van der Waals surface area (Å²) in [7, 11) is -1.38. The number of aryl methyl sites for hydroxylation is 3. The van der Waals surface area contributed by atoms with E-state index in [1.807, 2.05) is 45.9 Å². The van der Waals surface area contributed by atoms with Gasteiger partial charge in [-0.15, -0.1) is 0 Å². The molecular weight excluding hydrogens is 399 g/mol. The summed E-state index contributed by atoms with van der Waals surface area (Å²) in [4.78, 5) is 0. The van der Waals surface area contributed by atoms with Gasteiger partial charge in [0.25, 0.3) is 0 Å². The normalized spacial score (nSPS) is 11.7.